The quantitative estimate of drug-likeness (QED) is 0.356. The van der Waals surface area contributed by atoms with Crippen molar-refractivity contribution < 1.29 is 0 Å². The number of allylic oxidation sites excluding steroid dienone is 2. The Morgan fingerprint density at radius 1 is 0.714 bits per heavy atom. The van der Waals surface area contributed by atoms with E-state index in [1.54, 1.807) is 5.57 Å². The van der Waals surface area contributed by atoms with Gasteiger partial charge in [-0.1, -0.05) is 94.7 Å². The Labute approximate surface area is 175 Å². The minimum absolute atomic E-state index is 0.977. The first-order valence-electron chi connectivity index (χ1n) is 12.5. The first-order valence-corrected chi connectivity index (χ1v) is 12.5. The van der Waals surface area contributed by atoms with Crippen LogP contribution in [0, 0.1) is 17.8 Å². The van der Waals surface area contributed by atoms with Crippen molar-refractivity contribution in [2.24, 2.45) is 17.8 Å². The van der Waals surface area contributed by atoms with Gasteiger partial charge in [-0.3, -0.25) is 0 Å². The highest BCUT2D eigenvalue weighted by Crippen LogP contribution is 2.36. The molecule has 1 atom stereocenters. The minimum Gasteiger partial charge on any atom is -0.0850 e. The van der Waals surface area contributed by atoms with Crippen LogP contribution >= 0.6 is 0 Å². The van der Waals surface area contributed by atoms with Crippen molar-refractivity contribution in [3.8, 4) is 0 Å². The van der Waals surface area contributed by atoms with Crippen LogP contribution in [-0.2, 0) is 12.8 Å². The molecule has 2 aliphatic rings. The van der Waals surface area contributed by atoms with Crippen LogP contribution in [0.2, 0.25) is 0 Å². The summed E-state index contributed by atoms with van der Waals surface area (Å²) in [6, 6.07) is 9.43. The second-order valence-electron chi connectivity index (χ2n) is 9.80. The highest BCUT2D eigenvalue weighted by molar-refractivity contribution is 5.23. The molecule has 0 heterocycles. The predicted octanol–water partition coefficient (Wildman–Crippen LogP) is 8.68. The predicted molar refractivity (Wildman–Crippen MR) is 124 cm³/mol. The van der Waals surface area contributed by atoms with E-state index in [9.17, 15) is 0 Å². The normalized spacial score (nSPS) is 25.5. The Kier molecular flexibility index (Phi) is 9.16. The van der Waals surface area contributed by atoms with E-state index in [1.165, 1.54) is 107 Å². The van der Waals surface area contributed by atoms with Gasteiger partial charge in [0, 0.05) is 0 Å². The summed E-state index contributed by atoms with van der Waals surface area (Å²) in [5.41, 5.74) is 4.76. The number of hydrogen-bond donors (Lipinski definition) is 0. The van der Waals surface area contributed by atoms with E-state index in [1.807, 2.05) is 0 Å². The summed E-state index contributed by atoms with van der Waals surface area (Å²) in [5, 5.41) is 0. The van der Waals surface area contributed by atoms with Gasteiger partial charge in [0.25, 0.3) is 0 Å². The third kappa shape index (κ3) is 7.09. The molecule has 0 aromatic heterocycles. The molecule has 0 amide bonds. The van der Waals surface area contributed by atoms with Crippen molar-refractivity contribution in [3.63, 3.8) is 0 Å². The van der Waals surface area contributed by atoms with Crippen LogP contribution < -0.4 is 0 Å². The fraction of sp³-hybridized carbons (Fsp3) is 0.714. The van der Waals surface area contributed by atoms with Gasteiger partial charge in [0.2, 0.25) is 0 Å². The van der Waals surface area contributed by atoms with Crippen molar-refractivity contribution in [1.29, 1.82) is 0 Å². The second-order valence-corrected chi connectivity index (χ2v) is 9.80. The molecule has 1 fully saturated rings. The Morgan fingerprint density at radius 2 is 1.36 bits per heavy atom. The van der Waals surface area contributed by atoms with Crippen molar-refractivity contribution in [2.75, 3.05) is 0 Å². The van der Waals surface area contributed by atoms with E-state index in [4.69, 9.17) is 0 Å². The molecule has 0 N–H and O–H groups in total. The molecule has 0 saturated heterocycles. The fourth-order valence-electron chi connectivity index (χ4n) is 5.39. The maximum atomic E-state index is 2.61. The number of benzene rings is 1. The van der Waals surface area contributed by atoms with Crippen LogP contribution in [0.1, 0.15) is 108 Å². The lowest BCUT2D eigenvalue weighted by Crippen LogP contribution is -2.15. The molecule has 28 heavy (non-hydrogen) atoms. The molecule has 2 aliphatic carbocycles. The van der Waals surface area contributed by atoms with Crippen LogP contribution in [0.4, 0.5) is 0 Å². The zero-order chi connectivity index (χ0) is 19.6. The molecule has 1 aromatic carbocycles. The summed E-state index contributed by atoms with van der Waals surface area (Å²) in [6.07, 6.45) is 23.6. The van der Waals surface area contributed by atoms with Crippen molar-refractivity contribution in [1.82, 2.24) is 0 Å². The summed E-state index contributed by atoms with van der Waals surface area (Å²) in [7, 11) is 0. The lowest BCUT2D eigenvalue weighted by atomic mass is 9.76. The van der Waals surface area contributed by atoms with E-state index in [0.717, 1.165) is 17.8 Å². The van der Waals surface area contributed by atoms with Gasteiger partial charge in [-0.2, -0.15) is 0 Å². The highest BCUT2D eigenvalue weighted by atomic mass is 14.3. The highest BCUT2D eigenvalue weighted by Gasteiger charge is 2.21. The summed E-state index contributed by atoms with van der Waals surface area (Å²) in [5.74, 6) is 3.07. The minimum atomic E-state index is 0.977. The Balaban J connectivity index is 1.33. The molecule has 0 aliphatic heterocycles. The van der Waals surface area contributed by atoms with Crippen LogP contribution in [-0.4, -0.2) is 0 Å². The molecular weight excluding hydrogens is 336 g/mol. The van der Waals surface area contributed by atoms with E-state index in [0.29, 0.717) is 0 Å². The molecule has 0 bridgehead atoms. The van der Waals surface area contributed by atoms with E-state index < -0.39 is 0 Å². The first kappa shape index (κ1) is 21.7. The molecule has 0 radical (unpaired) electrons. The summed E-state index contributed by atoms with van der Waals surface area (Å²) < 4.78 is 0. The first-order chi connectivity index (χ1) is 13.8. The zero-order valence-electron chi connectivity index (χ0n) is 18.7. The van der Waals surface area contributed by atoms with E-state index in [-0.39, 0.29) is 0 Å². The summed E-state index contributed by atoms with van der Waals surface area (Å²) in [4.78, 5) is 0. The maximum Gasteiger partial charge on any atom is -0.0241 e. The van der Waals surface area contributed by atoms with Gasteiger partial charge in [-0.15, -0.1) is 0 Å². The standard InChI is InChI=1S/C28H44/c1-3-5-6-24-11-13-26(14-12-24)17-18-28-21-19-27(20-22-28)16-15-25-9-7-23(4-2)8-10-25/h11-14,21,23,25,27H,3-10,15-20,22H2,1-2H3/t23-,25-,27?. The second kappa shape index (κ2) is 11.8. The molecule has 1 unspecified atom stereocenters. The smallest absolute Gasteiger partial charge is 0.0241 e. The van der Waals surface area contributed by atoms with Gasteiger partial charge in [0.05, 0.1) is 0 Å². The average molecular weight is 381 g/mol. The Hall–Kier alpha value is -1.04. The Morgan fingerprint density at radius 3 is 1.96 bits per heavy atom. The largest absolute Gasteiger partial charge is 0.0850 e. The van der Waals surface area contributed by atoms with Crippen LogP contribution in [0.25, 0.3) is 0 Å². The van der Waals surface area contributed by atoms with Crippen molar-refractivity contribution >= 4 is 0 Å². The number of rotatable bonds is 10. The van der Waals surface area contributed by atoms with Crippen LogP contribution in [0.3, 0.4) is 0 Å². The third-order valence-corrected chi connectivity index (χ3v) is 7.72. The maximum absolute atomic E-state index is 2.61. The van der Waals surface area contributed by atoms with Gasteiger partial charge in [-0.25, -0.2) is 0 Å². The number of unbranched alkanes of at least 4 members (excludes halogenated alkanes) is 1. The van der Waals surface area contributed by atoms with Gasteiger partial charge in [-0.05, 0) is 80.2 Å². The number of hydrogen-bond acceptors (Lipinski definition) is 0. The van der Waals surface area contributed by atoms with E-state index in [2.05, 4.69) is 44.2 Å². The lowest BCUT2D eigenvalue weighted by Gasteiger charge is -2.29. The molecule has 0 spiro atoms. The summed E-state index contributed by atoms with van der Waals surface area (Å²) >= 11 is 0. The van der Waals surface area contributed by atoms with Gasteiger partial charge in [0.1, 0.15) is 0 Å². The van der Waals surface area contributed by atoms with Crippen LogP contribution in [0.5, 0.6) is 0 Å². The topological polar surface area (TPSA) is 0 Å². The molecule has 1 saturated carbocycles. The molecular formula is C28H44. The molecule has 3 rings (SSSR count). The van der Waals surface area contributed by atoms with Gasteiger partial charge in [0.15, 0.2) is 0 Å². The number of aryl methyl sites for hydroxylation is 2. The Bertz CT molecular complexity index is 571. The average Bonchev–Trinajstić information content (AvgIpc) is 2.76. The summed E-state index contributed by atoms with van der Waals surface area (Å²) in [6.45, 7) is 4.65. The van der Waals surface area contributed by atoms with Crippen molar-refractivity contribution in [3.05, 3.63) is 47.0 Å². The molecule has 0 nitrogen and oxygen atoms in total. The van der Waals surface area contributed by atoms with Crippen LogP contribution in [0.15, 0.2) is 35.9 Å². The van der Waals surface area contributed by atoms with Gasteiger partial charge < -0.3 is 0 Å². The van der Waals surface area contributed by atoms with Gasteiger partial charge >= 0.3 is 0 Å². The third-order valence-electron chi connectivity index (χ3n) is 7.72. The lowest BCUT2D eigenvalue weighted by molar-refractivity contribution is 0.241. The SMILES string of the molecule is CCCCc1ccc(CCC2=CCC(CC[C@H]3CC[C@H](CC)CC3)CC2)cc1. The molecule has 156 valence electrons. The molecule has 0 heteroatoms. The molecule has 1 aromatic rings. The van der Waals surface area contributed by atoms with E-state index >= 15 is 0 Å². The fourth-order valence-corrected chi connectivity index (χ4v) is 5.39. The van der Waals surface area contributed by atoms with Crippen molar-refractivity contribution in [2.45, 2.75) is 110 Å². The monoisotopic (exact) mass is 380 g/mol. The zero-order valence-corrected chi connectivity index (χ0v) is 18.7.